The Morgan fingerprint density at radius 3 is 2.84 bits per heavy atom. The van der Waals surface area contributed by atoms with E-state index in [1.165, 1.54) is 18.2 Å². The quantitative estimate of drug-likeness (QED) is 0.468. The monoisotopic (exact) mass is 267 g/mol. The van der Waals surface area contributed by atoms with Crippen molar-refractivity contribution < 1.29 is 14.5 Å². The van der Waals surface area contributed by atoms with Crippen LogP contribution >= 0.6 is 0 Å². The van der Waals surface area contributed by atoms with E-state index in [-0.39, 0.29) is 12.3 Å². The maximum absolute atomic E-state index is 11.4. The number of carbonyl (C=O) groups is 1. The van der Waals surface area contributed by atoms with Crippen molar-refractivity contribution in [2.24, 2.45) is 0 Å². The number of rotatable bonds is 6. The smallest absolute Gasteiger partial charge is 0.411 e. The second-order valence-corrected chi connectivity index (χ2v) is 4.18. The molecule has 0 saturated carbocycles. The number of anilines is 1. The number of nitro benzene ring substituents is 1. The molecule has 104 valence electrons. The minimum absolute atomic E-state index is 0.0840. The van der Waals surface area contributed by atoms with Crippen molar-refractivity contribution in [1.82, 2.24) is 5.32 Å². The number of benzene rings is 1. The van der Waals surface area contributed by atoms with Gasteiger partial charge in [0.05, 0.1) is 10.6 Å². The summed E-state index contributed by atoms with van der Waals surface area (Å²) in [5, 5.41) is 16.1. The van der Waals surface area contributed by atoms with Gasteiger partial charge in [-0.1, -0.05) is 19.9 Å². The van der Waals surface area contributed by atoms with Crippen molar-refractivity contribution in [3.05, 3.63) is 34.4 Å². The summed E-state index contributed by atoms with van der Waals surface area (Å²) in [6.45, 7) is 4.77. The molecule has 0 radical (unpaired) electrons. The zero-order valence-corrected chi connectivity index (χ0v) is 10.9. The molecule has 1 amide bonds. The highest BCUT2D eigenvalue weighted by Crippen LogP contribution is 2.16. The molecular weight excluding hydrogens is 250 g/mol. The van der Waals surface area contributed by atoms with Crippen LogP contribution in [-0.2, 0) is 4.74 Å². The predicted octanol–water partition coefficient (Wildman–Crippen LogP) is 2.14. The summed E-state index contributed by atoms with van der Waals surface area (Å²) in [4.78, 5) is 21.4. The highest BCUT2D eigenvalue weighted by atomic mass is 16.6. The zero-order valence-electron chi connectivity index (χ0n) is 10.9. The van der Waals surface area contributed by atoms with Gasteiger partial charge in [0, 0.05) is 24.7 Å². The molecular formula is C12H17N3O4. The molecule has 19 heavy (non-hydrogen) atoms. The van der Waals surface area contributed by atoms with Crippen molar-refractivity contribution in [3.8, 4) is 0 Å². The number of nitrogens with zero attached hydrogens (tertiary/aromatic N) is 1. The number of amides is 1. The van der Waals surface area contributed by atoms with E-state index >= 15 is 0 Å². The molecule has 0 aliphatic heterocycles. The minimum atomic E-state index is -0.633. The van der Waals surface area contributed by atoms with E-state index < -0.39 is 11.0 Å². The van der Waals surface area contributed by atoms with Gasteiger partial charge in [0.2, 0.25) is 0 Å². The van der Waals surface area contributed by atoms with E-state index in [4.69, 9.17) is 4.74 Å². The summed E-state index contributed by atoms with van der Waals surface area (Å²) in [5.41, 5.74) is 0.246. The van der Waals surface area contributed by atoms with Crippen molar-refractivity contribution in [2.75, 3.05) is 18.5 Å². The van der Waals surface area contributed by atoms with Crippen molar-refractivity contribution in [3.63, 3.8) is 0 Å². The van der Waals surface area contributed by atoms with Gasteiger partial charge in [0.1, 0.15) is 6.61 Å². The Kier molecular flexibility index (Phi) is 5.74. The summed E-state index contributed by atoms with van der Waals surface area (Å²) in [5.74, 6) is 0. The topological polar surface area (TPSA) is 93.5 Å². The second-order valence-electron chi connectivity index (χ2n) is 4.18. The summed E-state index contributed by atoms with van der Waals surface area (Å²) in [6.07, 6.45) is -0.633. The first-order valence-corrected chi connectivity index (χ1v) is 5.90. The molecule has 2 N–H and O–H groups in total. The van der Waals surface area contributed by atoms with E-state index in [0.29, 0.717) is 18.3 Å². The van der Waals surface area contributed by atoms with Crippen LogP contribution < -0.4 is 10.6 Å². The number of carbonyl (C=O) groups excluding carboxylic acids is 1. The summed E-state index contributed by atoms with van der Waals surface area (Å²) in [7, 11) is 0. The number of hydrogen-bond acceptors (Lipinski definition) is 5. The van der Waals surface area contributed by atoms with Gasteiger partial charge < -0.3 is 10.1 Å². The molecule has 0 fully saturated rings. The number of ether oxygens (including phenoxy) is 1. The van der Waals surface area contributed by atoms with Crippen LogP contribution in [-0.4, -0.2) is 30.2 Å². The average molecular weight is 267 g/mol. The fraction of sp³-hybridized carbons (Fsp3) is 0.417. The molecule has 0 bridgehead atoms. The summed E-state index contributed by atoms with van der Waals surface area (Å²) in [6, 6.07) is 5.99. The molecule has 0 aliphatic rings. The van der Waals surface area contributed by atoms with E-state index in [2.05, 4.69) is 10.6 Å². The summed E-state index contributed by atoms with van der Waals surface area (Å²) >= 11 is 0. The number of hydrogen-bond donors (Lipinski definition) is 2. The molecule has 0 heterocycles. The van der Waals surface area contributed by atoms with Crippen LogP contribution in [0.15, 0.2) is 24.3 Å². The molecule has 1 aromatic rings. The third kappa shape index (κ3) is 5.82. The largest absolute Gasteiger partial charge is 0.448 e. The highest BCUT2D eigenvalue weighted by molar-refractivity contribution is 5.85. The van der Waals surface area contributed by atoms with Crippen molar-refractivity contribution >= 4 is 17.5 Å². The van der Waals surface area contributed by atoms with Crippen molar-refractivity contribution in [1.29, 1.82) is 0 Å². The lowest BCUT2D eigenvalue weighted by Gasteiger charge is -2.09. The van der Waals surface area contributed by atoms with Gasteiger partial charge in [0.15, 0.2) is 0 Å². The van der Waals surface area contributed by atoms with Gasteiger partial charge in [0.25, 0.3) is 5.69 Å². The molecule has 0 atom stereocenters. The van der Waals surface area contributed by atoms with E-state index in [1.54, 1.807) is 6.07 Å². The zero-order chi connectivity index (χ0) is 14.3. The fourth-order valence-corrected chi connectivity index (χ4v) is 1.34. The lowest BCUT2D eigenvalue weighted by Crippen LogP contribution is -2.28. The SMILES string of the molecule is CC(C)NCCOC(=O)Nc1cccc([N+](=O)[O-])c1. The van der Waals surface area contributed by atoms with Crippen LogP contribution in [0.5, 0.6) is 0 Å². The van der Waals surface area contributed by atoms with Gasteiger partial charge in [-0.15, -0.1) is 0 Å². The fourth-order valence-electron chi connectivity index (χ4n) is 1.34. The van der Waals surface area contributed by atoms with Gasteiger partial charge in [-0.05, 0) is 6.07 Å². The molecule has 1 aromatic carbocycles. The van der Waals surface area contributed by atoms with E-state index in [1.807, 2.05) is 13.8 Å². The molecule has 1 rings (SSSR count). The van der Waals surface area contributed by atoms with Crippen LogP contribution in [0.1, 0.15) is 13.8 Å². The maximum Gasteiger partial charge on any atom is 0.411 e. The molecule has 0 aromatic heterocycles. The Hall–Kier alpha value is -2.15. The van der Waals surface area contributed by atoms with Gasteiger partial charge >= 0.3 is 6.09 Å². The Labute approximate surface area is 111 Å². The van der Waals surface area contributed by atoms with Crippen LogP contribution in [0, 0.1) is 10.1 Å². The number of nitro groups is 1. The van der Waals surface area contributed by atoms with Crippen LogP contribution in [0.3, 0.4) is 0 Å². The second kappa shape index (κ2) is 7.32. The third-order valence-corrected chi connectivity index (χ3v) is 2.19. The van der Waals surface area contributed by atoms with Crippen LogP contribution in [0.2, 0.25) is 0 Å². The Bertz CT molecular complexity index is 448. The molecule has 0 unspecified atom stereocenters. The molecule has 7 nitrogen and oxygen atoms in total. The first-order chi connectivity index (χ1) is 8.99. The first-order valence-electron chi connectivity index (χ1n) is 5.90. The Balaban J connectivity index is 2.40. The van der Waals surface area contributed by atoms with E-state index in [9.17, 15) is 14.9 Å². The summed E-state index contributed by atoms with van der Waals surface area (Å²) < 4.78 is 4.91. The lowest BCUT2D eigenvalue weighted by molar-refractivity contribution is -0.384. The molecule has 0 saturated heterocycles. The van der Waals surface area contributed by atoms with Gasteiger partial charge in [-0.25, -0.2) is 4.79 Å². The van der Waals surface area contributed by atoms with Gasteiger partial charge in [-0.2, -0.15) is 0 Å². The maximum atomic E-state index is 11.4. The van der Waals surface area contributed by atoms with Crippen molar-refractivity contribution in [2.45, 2.75) is 19.9 Å². The normalized spacial score (nSPS) is 10.3. The highest BCUT2D eigenvalue weighted by Gasteiger charge is 2.08. The number of non-ortho nitro benzene ring substituents is 1. The van der Waals surface area contributed by atoms with Crippen LogP contribution in [0.4, 0.5) is 16.2 Å². The predicted molar refractivity (Wildman–Crippen MR) is 71.2 cm³/mol. The third-order valence-electron chi connectivity index (χ3n) is 2.19. The molecule has 0 aliphatic carbocycles. The molecule has 7 heteroatoms. The minimum Gasteiger partial charge on any atom is -0.448 e. The Morgan fingerprint density at radius 2 is 2.21 bits per heavy atom. The van der Waals surface area contributed by atoms with Crippen LogP contribution in [0.25, 0.3) is 0 Å². The first kappa shape index (κ1) is 14.9. The average Bonchev–Trinajstić information content (AvgIpc) is 2.34. The van der Waals surface area contributed by atoms with Gasteiger partial charge in [-0.3, -0.25) is 15.4 Å². The standard InChI is InChI=1S/C12H17N3O4/c1-9(2)13-6-7-19-12(16)14-10-4-3-5-11(8-10)15(17)18/h3-5,8-9,13H,6-7H2,1-2H3,(H,14,16). The van der Waals surface area contributed by atoms with E-state index in [0.717, 1.165) is 0 Å². The molecule has 0 spiro atoms. The Morgan fingerprint density at radius 1 is 1.47 bits per heavy atom. The number of nitrogens with one attached hydrogen (secondary N) is 2. The lowest BCUT2D eigenvalue weighted by atomic mass is 10.3.